The normalized spacial score (nSPS) is 9.90. The highest BCUT2D eigenvalue weighted by Gasteiger charge is 2.09. The van der Waals surface area contributed by atoms with Crippen molar-refractivity contribution in [2.75, 3.05) is 0 Å². The highest BCUT2D eigenvalue weighted by Crippen LogP contribution is 2.17. The quantitative estimate of drug-likeness (QED) is 0.572. The van der Waals surface area contributed by atoms with Crippen LogP contribution in [-0.4, -0.2) is 16.1 Å². The monoisotopic (exact) mass is 270 g/mol. The van der Waals surface area contributed by atoms with Gasteiger partial charge in [0.2, 0.25) is 0 Å². The van der Waals surface area contributed by atoms with Crippen molar-refractivity contribution in [1.82, 2.24) is 9.78 Å². The molecule has 0 saturated heterocycles. The fourth-order valence-electron chi connectivity index (χ4n) is 0.586. The molecule has 0 unspecified atom stereocenters. The van der Waals surface area contributed by atoms with Crippen LogP contribution in [0, 0.1) is 3.70 Å². The maximum absolute atomic E-state index is 10.3. The average Bonchev–Trinajstić information content (AvgIpc) is 2.09. The van der Waals surface area contributed by atoms with Gasteiger partial charge in [-0.3, -0.25) is 9.48 Å². The highest BCUT2D eigenvalue weighted by molar-refractivity contribution is 14.1. The van der Waals surface area contributed by atoms with Crippen LogP contribution in [-0.2, 0) is 7.05 Å². The van der Waals surface area contributed by atoms with Gasteiger partial charge >= 0.3 is 0 Å². The van der Waals surface area contributed by atoms with Gasteiger partial charge in [0.15, 0.2) is 6.29 Å². The number of hydrogen-bond donors (Lipinski definition) is 0. The number of aromatic nitrogens is 2. The summed E-state index contributed by atoms with van der Waals surface area (Å²) >= 11 is 7.64. The molecule has 1 aromatic heterocycles. The molecule has 0 spiro atoms. The van der Waals surface area contributed by atoms with Crippen molar-refractivity contribution in [1.29, 1.82) is 0 Å². The van der Waals surface area contributed by atoms with Crippen LogP contribution < -0.4 is 0 Å². The zero-order chi connectivity index (χ0) is 7.72. The lowest BCUT2D eigenvalue weighted by Crippen LogP contribution is -1.89. The van der Waals surface area contributed by atoms with E-state index in [0.29, 0.717) is 20.7 Å². The summed E-state index contributed by atoms with van der Waals surface area (Å²) in [7, 11) is 1.69. The number of nitrogens with zero attached hydrogens (tertiary/aromatic N) is 2. The first-order chi connectivity index (χ1) is 4.66. The molecule has 1 rings (SSSR count). The average molecular weight is 270 g/mol. The van der Waals surface area contributed by atoms with Crippen molar-refractivity contribution in [3.05, 3.63) is 14.4 Å². The number of aldehydes is 1. The Morgan fingerprint density at radius 3 is 2.60 bits per heavy atom. The van der Waals surface area contributed by atoms with Crippen LogP contribution in [0.15, 0.2) is 0 Å². The Balaban J connectivity index is 3.33. The van der Waals surface area contributed by atoms with Crippen LogP contribution in [0.3, 0.4) is 0 Å². The lowest BCUT2D eigenvalue weighted by Gasteiger charge is -1.87. The second-order valence-electron chi connectivity index (χ2n) is 1.74. The van der Waals surface area contributed by atoms with Gasteiger partial charge in [0.1, 0.15) is 8.85 Å². The molecule has 0 amide bonds. The summed E-state index contributed by atoms with van der Waals surface area (Å²) < 4.78 is 2.10. The molecule has 5 heteroatoms. The van der Waals surface area contributed by atoms with Crippen LogP contribution in [0.2, 0.25) is 5.15 Å². The van der Waals surface area contributed by atoms with Crippen LogP contribution in [0.5, 0.6) is 0 Å². The molecular weight excluding hydrogens is 266 g/mol. The summed E-state index contributed by atoms with van der Waals surface area (Å²) in [6, 6.07) is 0. The molecule has 0 fully saturated rings. The lowest BCUT2D eigenvalue weighted by atomic mass is 10.4. The van der Waals surface area contributed by atoms with Gasteiger partial charge in [0, 0.05) is 7.05 Å². The van der Waals surface area contributed by atoms with E-state index in [1.165, 1.54) is 4.68 Å². The minimum absolute atomic E-state index is 0.388. The van der Waals surface area contributed by atoms with E-state index >= 15 is 0 Å². The molecule has 0 atom stereocenters. The molecule has 0 N–H and O–H groups in total. The third-order valence-electron chi connectivity index (χ3n) is 1.08. The van der Waals surface area contributed by atoms with Crippen molar-refractivity contribution in [3.63, 3.8) is 0 Å². The number of carbonyl (C=O) groups excluding carboxylic acids is 1. The van der Waals surface area contributed by atoms with Crippen molar-refractivity contribution in [2.24, 2.45) is 7.05 Å². The summed E-state index contributed by atoms with van der Waals surface area (Å²) in [5.74, 6) is 0. The maximum Gasteiger partial charge on any atom is 0.155 e. The number of hydrogen-bond acceptors (Lipinski definition) is 2. The van der Waals surface area contributed by atoms with Gasteiger partial charge in [-0.1, -0.05) is 11.6 Å². The lowest BCUT2D eigenvalue weighted by molar-refractivity contribution is 0.112. The highest BCUT2D eigenvalue weighted by atomic mass is 127. The first-order valence-electron chi connectivity index (χ1n) is 2.50. The van der Waals surface area contributed by atoms with Gasteiger partial charge in [0.25, 0.3) is 0 Å². The molecule has 1 heterocycles. The Kier molecular flexibility index (Phi) is 2.30. The van der Waals surface area contributed by atoms with Crippen LogP contribution in [0.4, 0.5) is 0 Å². The summed E-state index contributed by atoms with van der Waals surface area (Å²) in [5, 5.41) is 4.31. The Morgan fingerprint density at radius 2 is 2.40 bits per heavy atom. The number of rotatable bonds is 1. The third-order valence-corrected chi connectivity index (χ3v) is 2.33. The van der Waals surface area contributed by atoms with E-state index in [1.807, 2.05) is 22.6 Å². The van der Waals surface area contributed by atoms with Crippen LogP contribution in [0.25, 0.3) is 0 Å². The third kappa shape index (κ3) is 1.17. The van der Waals surface area contributed by atoms with E-state index in [2.05, 4.69) is 5.10 Å². The standard InChI is InChI=1S/C5H4ClIN2O/c1-9-4(6)3(2-10)5(7)8-9/h2H,1H3. The molecule has 0 aliphatic heterocycles. The van der Waals surface area contributed by atoms with E-state index < -0.39 is 0 Å². The van der Waals surface area contributed by atoms with Gasteiger partial charge in [-0.25, -0.2) is 0 Å². The number of carbonyl (C=O) groups is 1. The van der Waals surface area contributed by atoms with Gasteiger partial charge in [-0.15, -0.1) is 0 Å². The van der Waals surface area contributed by atoms with Crippen LogP contribution in [0.1, 0.15) is 10.4 Å². The molecule has 0 aliphatic carbocycles. The molecule has 0 bridgehead atoms. The Bertz CT molecular complexity index is 271. The Labute approximate surface area is 76.5 Å². The first kappa shape index (κ1) is 8.00. The predicted octanol–water partition coefficient (Wildman–Crippen LogP) is 1.49. The maximum atomic E-state index is 10.3. The van der Waals surface area contributed by atoms with E-state index in [1.54, 1.807) is 7.05 Å². The predicted molar refractivity (Wildman–Crippen MR) is 46.3 cm³/mol. The van der Waals surface area contributed by atoms with E-state index in [4.69, 9.17) is 11.6 Å². The van der Waals surface area contributed by atoms with Crippen molar-refractivity contribution >= 4 is 40.5 Å². The molecule has 0 aromatic carbocycles. The number of aryl methyl sites for hydroxylation is 1. The molecule has 0 saturated carbocycles. The molecule has 1 aromatic rings. The summed E-state index contributed by atoms with van der Waals surface area (Å²) in [6.45, 7) is 0. The van der Waals surface area contributed by atoms with Crippen molar-refractivity contribution in [2.45, 2.75) is 0 Å². The fraction of sp³-hybridized carbons (Fsp3) is 0.200. The van der Waals surface area contributed by atoms with Gasteiger partial charge in [-0.05, 0) is 22.6 Å². The van der Waals surface area contributed by atoms with Crippen molar-refractivity contribution < 1.29 is 4.79 Å². The minimum atomic E-state index is 0.388. The van der Waals surface area contributed by atoms with E-state index in [0.717, 1.165) is 0 Å². The molecule has 0 aliphatic rings. The van der Waals surface area contributed by atoms with Crippen molar-refractivity contribution in [3.8, 4) is 0 Å². The smallest absolute Gasteiger partial charge is 0.155 e. The van der Waals surface area contributed by atoms with Gasteiger partial charge in [-0.2, -0.15) is 5.10 Å². The second kappa shape index (κ2) is 2.87. The molecule has 54 valence electrons. The van der Waals surface area contributed by atoms with Gasteiger partial charge < -0.3 is 0 Å². The van der Waals surface area contributed by atoms with Gasteiger partial charge in [0.05, 0.1) is 5.56 Å². The number of halogens is 2. The Hall–Kier alpha value is -0.100. The molecule has 10 heavy (non-hydrogen) atoms. The largest absolute Gasteiger partial charge is 0.298 e. The molecule has 0 radical (unpaired) electrons. The summed E-state index contributed by atoms with van der Waals surface area (Å²) in [5.41, 5.74) is 0.463. The van der Waals surface area contributed by atoms with E-state index in [-0.39, 0.29) is 0 Å². The van der Waals surface area contributed by atoms with Crippen LogP contribution >= 0.6 is 34.2 Å². The SMILES string of the molecule is Cn1nc(I)c(C=O)c1Cl. The summed E-state index contributed by atoms with van der Waals surface area (Å²) in [4.78, 5) is 10.3. The minimum Gasteiger partial charge on any atom is -0.298 e. The zero-order valence-electron chi connectivity index (χ0n) is 5.14. The molecular formula is C5H4ClIN2O. The Morgan fingerprint density at radius 1 is 1.80 bits per heavy atom. The first-order valence-corrected chi connectivity index (χ1v) is 3.95. The van der Waals surface area contributed by atoms with E-state index in [9.17, 15) is 4.79 Å². The zero-order valence-corrected chi connectivity index (χ0v) is 8.05. The topological polar surface area (TPSA) is 34.9 Å². The molecule has 3 nitrogen and oxygen atoms in total. The second-order valence-corrected chi connectivity index (χ2v) is 3.12. The fourth-order valence-corrected chi connectivity index (χ4v) is 1.62. The summed E-state index contributed by atoms with van der Waals surface area (Å²) in [6.07, 6.45) is 0.705.